The first kappa shape index (κ1) is 28.3. The maximum Gasteiger partial charge on any atom is 0.352 e. The van der Waals surface area contributed by atoms with E-state index in [1.807, 2.05) is 36.4 Å². The van der Waals surface area contributed by atoms with E-state index in [2.05, 4.69) is 0 Å². The number of furan rings is 1. The third-order valence-electron chi connectivity index (χ3n) is 9.57. The molecule has 11 heteroatoms. The van der Waals surface area contributed by atoms with Crippen LogP contribution in [0.25, 0.3) is 5.69 Å². The fourth-order valence-electron chi connectivity index (χ4n) is 7.75. The summed E-state index contributed by atoms with van der Waals surface area (Å²) in [6, 6.07) is 27.0. The molecule has 1 saturated carbocycles. The van der Waals surface area contributed by atoms with Gasteiger partial charge in [0.1, 0.15) is 23.5 Å². The Morgan fingerprint density at radius 3 is 2.26 bits per heavy atom. The second kappa shape index (κ2) is 10.4. The number of hydrogen-bond donors (Lipinski definition) is 1. The van der Waals surface area contributed by atoms with Crippen molar-refractivity contribution in [1.29, 1.82) is 0 Å². The predicted octanol–water partition coefficient (Wildman–Crippen LogP) is 4.34. The Morgan fingerprint density at radius 2 is 1.57 bits per heavy atom. The van der Waals surface area contributed by atoms with Crippen molar-refractivity contribution in [2.45, 2.75) is 36.9 Å². The highest BCUT2D eigenvalue weighted by Crippen LogP contribution is 2.62. The standard InChI is InChI=1S/C35H27ClN4O6/c36-22-10-7-13-24(18-22)38-31(42)27-19-28-26(16-17-37-33(44)39(34(45)40(28)37)23-11-5-2-6-12-23)30(29-15-14-25(20-41)46-29)35(27,32(38)43)21-8-3-1-4-9-21/h1-16,18,27-28,30,41H,17,19-20H2. The third kappa shape index (κ3) is 3.80. The first-order valence-electron chi connectivity index (χ1n) is 14.9. The van der Waals surface area contributed by atoms with Crippen molar-refractivity contribution in [2.75, 3.05) is 4.90 Å². The third-order valence-corrected chi connectivity index (χ3v) is 9.80. The molecule has 4 unspecified atom stereocenters. The molecule has 46 heavy (non-hydrogen) atoms. The molecule has 2 fully saturated rings. The molecular weight excluding hydrogens is 608 g/mol. The van der Waals surface area contributed by atoms with E-state index in [1.54, 1.807) is 66.7 Å². The number of aromatic nitrogens is 3. The Morgan fingerprint density at radius 1 is 0.848 bits per heavy atom. The quantitative estimate of drug-likeness (QED) is 0.227. The lowest BCUT2D eigenvalue weighted by Gasteiger charge is -2.48. The monoisotopic (exact) mass is 634 g/mol. The number of carbonyl (C=O) groups excluding carboxylic acids is 2. The number of imide groups is 1. The summed E-state index contributed by atoms with van der Waals surface area (Å²) in [6.45, 7) is -0.295. The summed E-state index contributed by atoms with van der Waals surface area (Å²) in [5, 5.41) is 10.3. The van der Waals surface area contributed by atoms with Gasteiger partial charge in [-0.2, -0.15) is 0 Å². The largest absolute Gasteiger partial charge is 0.463 e. The highest BCUT2D eigenvalue weighted by molar-refractivity contribution is 6.32. The topological polar surface area (TPSA) is 120 Å². The van der Waals surface area contributed by atoms with Crippen molar-refractivity contribution >= 4 is 29.1 Å². The van der Waals surface area contributed by atoms with Gasteiger partial charge in [-0.1, -0.05) is 72.3 Å². The molecule has 1 N–H and O–H groups in total. The van der Waals surface area contributed by atoms with E-state index in [0.29, 0.717) is 39.1 Å². The van der Waals surface area contributed by atoms with Crippen LogP contribution in [0.2, 0.25) is 5.02 Å². The molecule has 3 aromatic carbocycles. The average Bonchev–Trinajstić information content (AvgIpc) is 3.72. The van der Waals surface area contributed by atoms with Gasteiger partial charge in [0, 0.05) is 5.02 Å². The summed E-state index contributed by atoms with van der Waals surface area (Å²) in [5.41, 5.74) is -0.455. The van der Waals surface area contributed by atoms with Crippen LogP contribution in [-0.2, 0) is 28.2 Å². The molecule has 5 aromatic rings. The molecule has 0 radical (unpaired) electrons. The SMILES string of the molecule is O=C1C2CC3C(=CCn4c(=O)n(-c5ccccc5)c(=O)n43)C(c3ccc(CO)o3)C2(c2ccccc2)C(=O)N1c1cccc(Cl)c1. The maximum atomic E-state index is 15.1. The highest BCUT2D eigenvalue weighted by atomic mass is 35.5. The molecule has 0 bridgehead atoms. The van der Waals surface area contributed by atoms with E-state index in [0.717, 1.165) is 4.57 Å². The summed E-state index contributed by atoms with van der Waals surface area (Å²) in [5.74, 6) is -2.03. The zero-order chi connectivity index (χ0) is 31.7. The lowest BCUT2D eigenvalue weighted by Crippen LogP contribution is -2.53. The van der Waals surface area contributed by atoms with Gasteiger partial charge in [-0.05, 0) is 60.0 Å². The second-order valence-corrected chi connectivity index (χ2v) is 12.2. The number of fused-ring (bicyclic) bond motifs is 4. The van der Waals surface area contributed by atoms with Crippen LogP contribution in [0.1, 0.15) is 35.5 Å². The van der Waals surface area contributed by atoms with Crippen LogP contribution < -0.4 is 16.3 Å². The molecule has 2 aliphatic heterocycles. The summed E-state index contributed by atoms with van der Waals surface area (Å²) in [6.07, 6.45) is 1.94. The minimum atomic E-state index is -1.47. The fourth-order valence-corrected chi connectivity index (χ4v) is 7.93. The highest BCUT2D eigenvalue weighted by Gasteiger charge is 2.69. The second-order valence-electron chi connectivity index (χ2n) is 11.8. The molecule has 230 valence electrons. The number of aliphatic hydroxyl groups excluding tert-OH is 1. The van der Waals surface area contributed by atoms with Crippen molar-refractivity contribution in [3.8, 4) is 5.69 Å². The number of aliphatic hydroxyl groups is 1. The molecule has 2 amide bonds. The van der Waals surface area contributed by atoms with E-state index >= 15 is 4.79 Å². The van der Waals surface area contributed by atoms with E-state index < -0.39 is 46.5 Å². The lowest BCUT2D eigenvalue weighted by atomic mass is 9.54. The van der Waals surface area contributed by atoms with Gasteiger partial charge >= 0.3 is 11.4 Å². The van der Waals surface area contributed by atoms with Crippen LogP contribution in [0.3, 0.4) is 0 Å². The Bertz CT molecular complexity index is 2180. The molecule has 8 rings (SSSR count). The first-order chi connectivity index (χ1) is 22.4. The number of para-hydroxylation sites is 1. The molecule has 4 heterocycles. The van der Waals surface area contributed by atoms with Crippen LogP contribution in [0, 0.1) is 5.92 Å². The number of anilines is 1. The van der Waals surface area contributed by atoms with Crippen LogP contribution in [0.4, 0.5) is 5.69 Å². The van der Waals surface area contributed by atoms with Crippen molar-refractivity contribution in [2.24, 2.45) is 5.92 Å². The maximum absolute atomic E-state index is 15.1. The van der Waals surface area contributed by atoms with Gasteiger partial charge in [0.15, 0.2) is 0 Å². The molecule has 1 aliphatic carbocycles. The van der Waals surface area contributed by atoms with Gasteiger partial charge < -0.3 is 9.52 Å². The zero-order valence-corrected chi connectivity index (χ0v) is 25.1. The van der Waals surface area contributed by atoms with Gasteiger partial charge in [-0.3, -0.25) is 9.59 Å². The molecule has 3 aliphatic rings. The number of benzene rings is 3. The molecule has 10 nitrogen and oxygen atoms in total. The Balaban J connectivity index is 1.40. The Kier molecular flexibility index (Phi) is 6.42. The van der Waals surface area contributed by atoms with E-state index in [1.165, 1.54) is 14.3 Å². The van der Waals surface area contributed by atoms with Gasteiger partial charge in [0.25, 0.3) is 0 Å². The van der Waals surface area contributed by atoms with Crippen molar-refractivity contribution in [3.63, 3.8) is 0 Å². The average molecular weight is 635 g/mol. The molecular formula is C35H27ClN4O6. The lowest BCUT2D eigenvalue weighted by molar-refractivity contribution is -0.124. The summed E-state index contributed by atoms with van der Waals surface area (Å²) in [7, 11) is 0. The van der Waals surface area contributed by atoms with Gasteiger partial charge in [-0.25, -0.2) is 28.4 Å². The summed E-state index contributed by atoms with van der Waals surface area (Å²) < 4.78 is 10.1. The number of rotatable bonds is 5. The normalized spacial score (nSPS) is 23.6. The van der Waals surface area contributed by atoms with Crippen LogP contribution >= 0.6 is 11.6 Å². The summed E-state index contributed by atoms with van der Waals surface area (Å²) >= 11 is 6.34. The van der Waals surface area contributed by atoms with E-state index in [9.17, 15) is 19.5 Å². The van der Waals surface area contributed by atoms with Crippen LogP contribution in [0.15, 0.2) is 123 Å². The number of halogens is 1. The van der Waals surface area contributed by atoms with E-state index in [-0.39, 0.29) is 19.6 Å². The minimum Gasteiger partial charge on any atom is -0.463 e. The summed E-state index contributed by atoms with van der Waals surface area (Å²) in [4.78, 5) is 58.8. The minimum absolute atomic E-state index is 0.0689. The van der Waals surface area contributed by atoms with E-state index in [4.69, 9.17) is 16.0 Å². The van der Waals surface area contributed by atoms with Gasteiger partial charge in [-0.15, -0.1) is 0 Å². The first-order valence-corrected chi connectivity index (χ1v) is 15.3. The smallest absolute Gasteiger partial charge is 0.352 e. The van der Waals surface area contributed by atoms with Crippen LogP contribution in [-0.4, -0.2) is 30.9 Å². The Labute approximate surface area is 267 Å². The Hall–Kier alpha value is -5.19. The molecule has 4 atom stereocenters. The number of hydrogen-bond acceptors (Lipinski definition) is 6. The molecule has 0 spiro atoms. The number of nitrogens with zero attached hydrogens (tertiary/aromatic N) is 4. The number of amides is 2. The fraction of sp³-hybridized carbons (Fsp3) is 0.200. The van der Waals surface area contributed by atoms with Gasteiger partial charge in [0.2, 0.25) is 11.8 Å². The van der Waals surface area contributed by atoms with Crippen LogP contribution in [0.5, 0.6) is 0 Å². The zero-order valence-electron chi connectivity index (χ0n) is 24.3. The molecule has 2 aromatic heterocycles. The van der Waals surface area contributed by atoms with Gasteiger partial charge in [0.05, 0.1) is 35.8 Å². The van der Waals surface area contributed by atoms with Crippen molar-refractivity contribution in [1.82, 2.24) is 13.9 Å². The number of carbonyl (C=O) groups is 2. The molecule has 1 saturated heterocycles. The van der Waals surface area contributed by atoms with Crippen molar-refractivity contribution < 1.29 is 19.1 Å². The van der Waals surface area contributed by atoms with Crippen molar-refractivity contribution in [3.05, 3.63) is 152 Å². The predicted molar refractivity (Wildman–Crippen MR) is 169 cm³/mol. The number of allylic oxidation sites excluding steroid dienone is 2.